The first-order valence-electron chi connectivity index (χ1n) is 5.29. The fourth-order valence-corrected chi connectivity index (χ4v) is 2.56. The van der Waals surface area contributed by atoms with E-state index in [1.165, 1.54) is 0 Å². The molecule has 0 spiro atoms. The maximum absolute atomic E-state index is 11.7. The van der Waals surface area contributed by atoms with Crippen molar-refractivity contribution in [3.05, 3.63) is 22.4 Å². The van der Waals surface area contributed by atoms with Gasteiger partial charge in [-0.3, -0.25) is 4.79 Å². The van der Waals surface area contributed by atoms with Gasteiger partial charge in [0.15, 0.2) is 0 Å². The van der Waals surface area contributed by atoms with Crippen LogP contribution in [0.2, 0.25) is 0 Å². The summed E-state index contributed by atoms with van der Waals surface area (Å²) in [6.07, 6.45) is 1.07. The topological polar surface area (TPSA) is 41.1 Å². The van der Waals surface area contributed by atoms with Crippen molar-refractivity contribution in [1.82, 2.24) is 10.6 Å². The minimum Gasteiger partial charge on any atom is -0.348 e. The minimum absolute atomic E-state index is 0.0529. The lowest BCUT2D eigenvalue weighted by molar-refractivity contribution is 0.0926. The summed E-state index contributed by atoms with van der Waals surface area (Å²) in [7, 11) is 0. The number of carbonyl (C=O) groups excluding carboxylic acids is 1. The van der Waals surface area contributed by atoms with E-state index in [9.17, 15) is 4.79 Å². The first kappa shape index (κ1) is 10.6. The minimum atomic E-state index is 0.0529. The van der Waals surface area contributed by atoms with Gasteiger partial charge in [0.2, 0.25) is 0 Å². The first-order chi connectivity index (χ1) is 7.25. The molecule has 3 nitrogen and oxygen atoms in total. The van der Waals surface area contributed by atoms with Crippen LogP contribution in [0.5, 0.6) is 0 Å². The third-order valence-corrected chi connectivity index (χ3v) is 3.37. The summed E-state index contributed by atoms with van der Waals surface area (Å²) in [4.78, 5) is 11.7. The molecule has 0 saturated carbocycles. The highest BCUT2D eigenvalue weighted by Gasteiger charge is 2.20. The van der Waals surface area contributed by atoms with Gasteiger partial charge in [0.1, 0.15) is 0 Å². The zero-order valence-electron chi connectivity index (χ0n) is 8.82. The van der Waals surface area contributed by atoms with Crippen LogP contribution in [0.25, 0.3) is 0 Å². The standard InChI is InChI=1S/C11H16N2OS/c1-8-4-10(6-12-5-8)13-11(14)9-2-3-15-7-9/h2-3,7-8,10,12H,4-6H2,1H3,(H,13,14). The van der Waals surface area contributed by atoms with Gasteiger partial charge in [-0.15, -0.1) is 0 Å². The molecule has 1 aliphatic rings. The van der Waals surface area contributed by atoms with Crippen LogP contribution in [0.4, 0.5) is 0 Å². The maximum Gasteiger partial charge on any atom is 0.252 e. The molecule has 0 aliphatic carbocycles. The van der Waals surface area contributed by atoms with E-state index in [4.69, 9.17) is 0 Å². The van der Waals surface area contributed by atoms with Gasteiger partial charge in [0.25, 0.3) is 5.91 Å². The molecule has 1 aromatic heterocycles. The third kappa shape index (κ3) is 2.79. The van der Waals surface area contributed by atoms with Crippen molar-refractivity contribution >= 4 is 17.2 Å². The molecular weight excluding hydrogens is 208 g/mol. The lowest BCUT2D eigenvalue weighted by atomic mass is 9.97. The van der Waals surface area contributed by atoms with Gasteiger partial charge < -0.3 is 10.6 Å². The predicted molar refractivity (Wildman–Crippen MR) is 62.2 cm³/mol. The Bertz CT molecular complexity index is 323. The van der Waals surface area contributed by atoms with E-state index in [1.807, 2.05) is 16.8 Å². The number of rotatable bonds is 2. The molecule has 2 unspecified atom stereocenters. The summed E-state index contributed by atoms with van der Waals surface area (Å²) in [5.74, 6) is 0.698. The molecule has 1 fully saturated rings. The molecule has 1 saturated heterocycles. The fourth-order valence-electron chi connectivity index (χ4n) is 1.93. The van der Waals surface area contributed by atoms with Gasteiger partial charge in [-0.1, -0.05) is 6.92 Å². The average molecular weight is 224 g/mol. The van der Waals surface area contributed by atoms with Crippen molar-refractivity contribution in [2.75, 3.05) is 13.1 Å². The van der Waals surface area contributed by atoms with Gasteiger partial charge in [-0.05, 0) is 30.3 Å². The van der Waals surface area contributed by atoms with Crippen molar-refractivity contribution < 1.29 is 4.79 Å². The second kappa shape index (κ2) is 4.77. The monoisotopic (exact) mass is 224 g/mol. The Labute approximate surface area is 93.9 Å². The van der Waals surface area contributed by atoms with Gasteiger partial charge in [-0.25, -0.2) is 0 Å². The second-order valence-corrected chi connectivity index (χ2v) is 4.96. The fraction of sp³-hybridized carbons (Fsp3) is 0.545. The number of hydrogen-bond acceptors (Lipinski definition) is 3. The van der Waals surface area contributed by atoms with E-state index in [2.05, 4.69) is 17.6 Å². The summed E-state index contributed by atoms with van der Waals surface area (Å²) in [6.45, 7) is 4.15. The van der Waals surface area contributed by atoms with Crippen LogP contribution in [0, 0.1) is 5.92 Å². The quantitative estimate of drug-likeness (QED) is 0.799. The molecule has 4 heteroatoms. The van der Waals surface area contributed by atoms with Crippen molar-refractivity contribution in [1.29, 1.82) is 0 Å². The normalized spacial score (nSPS) is 26.2. The number of amides is 1. The molecular formula is C11H16N2OS. The van der Waals surface area contributed by atoms with Crippen molar-refractivity contribution in [2.24, 2.45) is 5.92 Å². The Morgan fingerprint density at radius 3 is 3.13 bits per heavy atom. The van der Waals surface area contributed by atoms with Crippen molar-refractivity contribution in [3.63, 3.8) is 0 Å². The van der Waals surface area contributed by atoms with Gasteiger partial charge in [0, 0.05) is 23.5 Å². The SMILES string of the molecule is CC1CNCC(NC(=O)c2ccsc2)C1. The molecule has 2 rings (SSSR count). The highest BCUT2D eigenvalue weighted by Crippen LogP contribution is 2.11. The number of nitrogens with one attached hydrogen (secondary N) is 2. The highest BCUT2D eigenvalue weighted by atomic mass is 32.1. The Kier molecular flexibility index (Phi) is 3.38. The molecule has 0 radical (unpaired) electrons. The summed E-state index contributed by atoms with van der Waals surface area (Å²) in [5.41, 5.74) is 0.776. The number of carbonyl (C=O) groups is 1. The van der Waals surface area contributed by atoms with E-state index in [0.29, 0.717) is 5.92 Å². The van der Waals surface area contributed by atoms with Crippen LogP contribution in [-0.4, -0.2) is 25.0 Å². The number of thiophene rings is 1. The Morgan fingerprint density at radius 2 is 2.47 bits per heavy atom. The second-order valence-electron chi connectivity index (χ2n) is 4.18. The van der Waals surface area contributed by atoms with Gasteiger partial charge in [-0.2, -0.15) is 11.3 Å². The zero-order chi connectivity index (χ0) is 10.7. The molecule has 1 amide bonds. The van der Waals surface area contributed by atoms with Crippen molar-refractivity contribution in [2.45, 2.75) is 19.4 Å². The molecule has 2 heterocycles. The van der Waals surface area contributed by atoms with E-state index in [0.717, 1.165) is 25.1 Å². The molecule has 2 atom stereocenters. The van der Waals surface area contributed by atoms with E-state index >= 15 is 0 Å². The first-order valence-corrected chi connectivity index (χ1v) is 6.24. The molecule has 2 N–H and O–H groups in total. The van der Waals surface area contributed by atoms with E-state index in [-0.39, 0.29) is 11.9 Å². The largest absolute Gasteiger partial charge is 0.348 e. The highest BCUT2D eigenvalue weighted by molar-refractivity contribution is 7.08. The van der Waals surface area contributed by atoms with Gasteiger partial charge >= 0.3 is 0 Å². The Morgan fingerprint density at radius 1 is 1.60 bits per heavy atom. The lowest BCUT2D eigenvalue weighted by Gasteiger charge is -2.28. The Balaban J connectivity index is 1.89. The molecule has 1 aliphatic heterocycles. The van der Waals surface area contributed by atoms with Crippen LogP contribution in [0.1, 0.15) is 23.7 Å². The number of hydrogen-bond donors (Lipinski definition) is 2. The summed E-state index contributed by atoms with van der Waals surface area (Å²) in [6, 6.07) is 2.14. The van der Waals surface area contributed by atoms with Crippen LogP contribution in [0.15, 0.2) is 16.8 Å². The summed E-state index contributed by atoms with van der Waals surface area (Å²) >= 11 is 1.55. The molecule has 0 aromatic carbocycles. The molecule has 82 valence electrons. The van der Waals surface area contributed by atoms with Crippen LogP contribution in [-0.2, 0) is 0 Å². The van der Waals surface area contributed by atoms with Crippen LogP contribution in [0.3, 0.4) is 0 Å². The van der Waals surface area contributed by atoms with Gasteiger partial charge in [0.05, 0.1) is 0 Å². The summed E-state index contributed by atoms with van der Waals surface area (Å²) in [5, 5.41) is 10.2. The maximum atomic E-state index is 11.7. The third-order valence-electron chi connectivity index (χ3n) is 2.69. The van der Waals surface area contributed by atoms with Crippen LogP contribution >= 0.6 is 11.3 Å². The summed E-state index contributed by atoms with van der Waals surface area (Å²) < 4.78 is 0. The van der Waals surface area contributed by atoms with E-state index < -0.39 is 0 Å². The lowest BCUT2D eigenvalue weighted by Crippen LogP contribution is -2.48. The molecule has 15 heavy (non-hydrogen) atoms. The Hall–Kier alpha value is -0.870. The van der Waals surface area contributed by atoms with Crippen molar-refractivity contribution in [3.8, 4) is 0 Å². The smallest absolute Gasteiger partial charge is 0.252 e. The predicted octanol–water partition coefficient (Wildman–Crippen LogP) is 1.48. The zero-order valence-corrected chi connectivity index (χ0v) is 9.64. The van der Waals surface area contributed by atoms with E-state index in [1.54, 1.807) is 11.3 Å². The molecule has 1 aromatic rings. The van der Waals surface area contributed by atoms with Crippen LogP contribution < -0.4 is 10.6 Å². The number of piperidine rings is 1. The average Bonchev–Trinajstić information content (AvgIpc) is 2.70. The molecule has 0 bridgehead atoms.